The molecule has 0 fully saturated rings. The quantitative estimate of drug-likeness (QED) is 0.318. The summed E-state index contributed by atoms with van der Waals surface area (Å²) < 4.78 is 11.0. The summed E-state index contributed by atoms with van der Waals surface area (Å²) in [6, 6.07) is 3.80. The lowest BCUT2D eigenvalue weighted by molar-refractivity contribution is 0.311. The van der Waals surface area contributed by atoms with Crippen molar-refractivity contribution in [3.63, 3.8) is 0 Å². The summed E-state index contributed by atoms with van der Waals surface area (Å²) >= 11 is 8.11. The number of aliphatic imine (C=N–C) groups is 1. The molecule has 0 heterocycles. The van der Waals surface area contributed by atoms with Crippen molar-refractivity contribution in [1.29, 1.82) is 0 Å². The van der Waals surface area contributed by atoms with Crippen LogP contribution in [-0.4, -0.2) is 44.3 Å². The van der Waals surface area contributed by atoms with Crippen molar-refractivity contribution in [2.24, 2.45) is 4.99 Å². The molecule has 0 saturated heterocycles. The first-order valence-electron chi connectivity index (χ1n) is 7.85. The first kappa shape index (κ1) is 24.5. The first-order chi connectivity index (χ1) is 11.4. The fourth-order valence-corrected chi connectivity index (χ4v) is 2.44. The third-order valence-electron chi connectivity index (χ3n) is 3.50. The minimum Gasteiger partial charge on any atom is -0.493 e. The van der Waals surface area contributed by atoms with E-state index in [1.54, 1.807) is 14.2 Å². The third-order valence-corrected chi connectivity index (χ3v) is 5.03. The van der Waals surface area contributed by atoms with Gasteiger partial charge in [-0.1, -0.05) is 11.6 Å². The Morgan fingerprint density at radius 3 is 2.52 bits per heavy atom. The molecule has 144 valence electrons. The molecule has 0 atom stereocenters. The number of benzene rings is 1. The summed E-state index contributed by atoms with van der Waals surface area (Å²) in [6.07, 6.45) is 2.10. The van der Waals surface area contributed by atoms with Gasteiger partial charge in [-0.2, -0.15) is 11.8 Å². The highest BCUT2D eigenvalue weighted by Gasteiger charge is 2.16. The maximum absolute atomic E-state index is 6.30. The number of thioether (sulfide) groups is 1. The highest BCUT2D eigenvalue weighted by Crippen LogP contribution is 2.36. The van der Waals surface area contributed by atoms with Crippen LogP contribution in [0.4, 0.5) is 0 Å². The molecule has 0 spiro atoms. The van der Waals surface area contributed by atoms with Crippen molar-refractivity contribution >= 4 is 53.3 Å². The van der Waals surface area contributed by atoms with E-state index in [1.165, 1.54) is 0 Å². The molecular formula is C17H29ClIN3O2S. The van der Waals surface area contributed by atoms with Crippen LogP contribution in [0.15, 0.2) is 17.1 Å². The Labute approximate surface area is 177 Å². The van der Waals surface area contributed by atoms with Gasteiger partial charge in [-0.05, 0) is 44.7 Å². The molecule has 8 heteroatoms. The van der Waals surface area contributed by atoms with Crippen molar-refractivity contribution in [3.05, 3.63) is 22.7 Å². The number of hydrogen-bond donors (Lipinski definition) is 2. The second-order valence-corrected chi connectivity index (χ2v) is 7.71. The van der Waals surface area contributed by atoms with Crippen LogP contribution in [0.5, 0.6) is 11.5 Å². The molecule has 1 rings (SSSR count). The number of guanidine groups is 1. The van der Waals surface area contributed by atoms with Gasteiger partial charge >= 0.3 is 0 Å². The smallest absolute Gasteiger partial charge is 0.191 e. The highest BCUT2D eigenvalue weighted by atomic mass is 127. The Kier molecular flexibility index (Phi) is 11.7. The van der Waals surface area contributed by atoms with Crippen LogP contribution in [0.3, 0.4) is 0 Å². The molecule has 0 aliphatic rings. The monoisotopic (exact) mass is 501 g/mol. The zero-order valence-corrected chi connectivity index (χ0v) is 19.6. The van der Waals surface area contributed by atoms with E-state index in [2.05, 4.69) is 35.7 Å². The van der Waals surface area contributed by atoms with Crippen LogP contribution < -0.4 is 20.1 Å². The summed E-state index contributed by atoms with van der Waals surface area (Å²) in [5, 5.41) is 7.16. The lowest BCUT2D eigenvalue weighted by atomic mass is 10.2. The molecule has 5 nitrogen and oxygen atoms in total. The topological polar surface area (TPSA) is 54.9 Å². The van der Waals surface area contributed by atoms with E-state index in [0.29, 0.717) is 29.7 Å². The van der Waals surface area contributed by atoms with Gasteiger partial charge in [-0.25, -0.2) is 0 Å². The van der Waals surface area contributed by atoms with Gasteiger partial charge in [-0.15, -0.1) is 24.0 Å². The number of hydrogen-bond acceptors (Lipinski definition) is 4. The molecule has 0 amide bonds. The molecule has 0 unspecified atom stereocenters. The lowest BCUT2D eigenvalue weighted by Crippen LogP contribution is -2.42. The second kappa shape index (κ2) is 12.0. The van der Waals surface area contributed by atoms with Crippen molar-refractivity contribution in [3.8, 4) is 11.5 Å². The molecule has 0 radical (unpaired) electrons. The SMILES string of the molecule is CCOc1c(Cl)cc(CNC(=NC)NCC(C)(C)SC)cc1OC.I. The van der Waals surface area contributed by atoms with Gasteiger partial charge in [0, 0.05) is 24.9 Å². The maximum Gasteiger partial charge on any atom is 0.191 e. The zero-order valence-electron chi connectivity index (χ0n) is 15.7. The van der Waals surface area contributed by atoms with Crippen LogP contribution in [0.1, 0.15) is 26.3 Å². The fourth-order valence-electron chi connectivity index (χ4n) is 1.93. The van der Waals surface area contributed by atoms with Gasteiger partial charge in [0.05, 0.1) is 18.7 Å². The first-order valence-corrected chi connectivity index (χ1v) is 9.46. The average Bonchev–Trinajstić information content (AvgIpc) is 2.57. The molecule has 0 saturated carbocycles. The summed E-state index contributed by atoms with van der Waals surface area (Å²) in [6.45, 7) is 8.24. The molecule has 0 aromatic heterocycles. The van der Waals surface area contributed by atoms with E-state index in [1.807, 2.05) is 30.8 Å². The van der Waals surface area contributed by atoms with Crippen LogP contribution in [0.25, 0.3) is 0 Å². The molecule has 0 bridgehead atoms. The summed E-state index contributed by atoms with van der Waals surface area (Å²) in [7, 11) is 3.36. The number of halogens is 2. The number of rotatable bonds is 8. The van der Waals surface area contributed by atoms with Crippen LogP contribution in [0.2, 0.25) is 5.02 Å². The summed E-state index contributed by atoms with van der Waals surface area (Å²) in [5.74, 6) is 1.96. The number of ether oxygens (including phenoxy) is 2. The normalized spacial score (nSPS) is 11.6. The van der Waals surface area contributed by atoms with Gasteiger partial charge in [0.1, 0.15) is 0 Å². The molecule has 25 heavy (non-hydrogen) atoms. The molecular weight excluding hydrogens is 473 g/mol. The van der Waals surface area contributed by atoms with E-state index in [0.717, 1.165) is 18.1 Å². The van der Waals surface area contributed by atoms with Gasteiger partial charge in [0.15, 0.2) is 17.5 Å². The Hall–Kier alpha value is -0.540. The van der Waals surface area contributed by atoms with Crippen molar-refractivity contribution in [1.82, 2.24) is 10.6 Å². The van der Waals surface area contributed by atoms with Crippen molar-refractivity contribution in [2.75, 3.05) is 33.6 Å². The van der Waals surface area contributed by atoms with Gasteiger partial charge in [-0.3, -0.25) is 4.99 Å². The Morgan fingerprint density at radius 1 is 1.32 bits per heavy atom. The largest absolute Gasteiger partial charge is 0.493 e. The second-order valence-electron chi connectivity index (χ2n) is 5.79. The molecule has 0 aliphatic heterocycles. The lowest BCUT2D eigenvalue weighted by Gasteiger charge is -2.23. The average molecular weight is 502 g/mol. The van der Waals surface area contributed by atoms with Gasteiger partial charge in [0.2, 0.25) is 0 Å². The van der Waals surface area contributed by atoms with Crippen molar-refractivity contribution < 1.29 is 9.47 Å². The number of methoxy groups -OCH3 is 1. The number of nitrogens with zero attached hydrogens (tertiary/aromatic N) is 1. The molecule has 2 N–H and O–H groups in total. The molecule has 1 aromatic carbocycles. The Balaban J connectivity index is 0.00000576. The van der Waals surface area contributed by atoms with Crippen LogP contribution in [0, 0.1) is 0 Å². The highest BCUT2D eigenvalue weighted by molar-refractivity contribution is 14.0. The van der Waals surface area contributed by atoms with E-state index < -0.39 is 0 Å². The Bertz CT molecular complexity index is 571. The molecule has 1 aromatic rings. The van der Waals surface area contributed by atoms with E-state index >= 15 is 0 Å². The minimum atomic E-state index is 0. The molecule has 0 aliphatic carbocycles. The van der Waals surface area contributed by atoms with Gasteiger partial charge < -0.3 is 20.1 Å². The maximum atomic E-state index is 6.30. The van der Waals surface area contributed by atoms with Gasteiger partial charge in [0.25, 0.3) is 0 Å². The minimum absolute atomic E-state index is 0. The number of nitrogens with one attached hydrogen (secondary N) is 2. The van der Waals surface area contributed by atoms with Crippen LogP contribution >= 0.6 is 47.3 Å². The van der Waals surface area contributed by atoms with E-state index in [4.69, 9.17) is 21.1 Å². The van der Waals surface area contributed by atoms with Crippen LogP contribution in [-0.2, 0) is 6.54 Å². The standard InChI is InChI=1S/C17H28ClN3O2S.HI/c1-7-23-15-13(18)8-12(9-14(15)22-5)10-20-16(19-4)21-11-17(2,3)24-6;/h8-9H,7,10-11H2,1-6H3,(H2,19,20,21);1H. The van der Waals surface area contributed by atoms with Crippen molar-refractivity contribution in [2.45, 2.75) is 32.1 Å². The third kappa shape index (κ3) is 8.13. The fraction of sp³-hybridized carbons (Fsp3) is 0.588. The summed E-state index contributed by atoms with van der Waals surface area (Å²) in [4.78, 5) is 4.25. The summed E-state index contributed by atoms with van der Waals surface area (Å²) in [5.41, 5.74) is 0.993. The predicted molar refractivity (Wildman–Crippen MR) is 120 cm³/mol. The Morgan fingerprint density at radius 2 is 2.00 bits per heavy atom. The predicted octanol–water partition coefficient (Wildman–Crippen LogP) is 4.17. The van der Waals surface area contributed by atoms with E-state index in [-0.39, 0.29) is 28.7 Å². The zero-order chi connectivity index (χ0) is 18.2. The van der Waals surface area contributed by atoms with E-state index in [9.17, 15) is 0 Å².